The van der Waals surface area contributed by atoms with E-state index in [1.807, 2.05) is 22.7 Å². The molecule has 0 fully saturated rings. The van der Waals surface area contributed by atoms with Crippen molar-refractivity contribution in [2.24, 2.45) is 0 Å². The first-order valence-electron chi connectivity index (χ1n) is 9.04. The van der Waals surface area contributed by atoms with E-state index in [1.165, 1.54) is 27.9 Å². The molecular weight excluding hydrogens is 390 g/mol. The standard InChI is InChI=1S/C23H18NS2.ClH/c1-2-6-19-18(5-1)21-13-23(16-8-11-25-14-16,17-9-12-26-15-17)22(19)20-7-3-4-10-24(20)21;/h1-12,14-15,21-22H,13H2;1H/q+1;/p-1. The van der Waals surface area contributed by atoms with Gasteiger partial charge in [-0.1, -0.05) is 30.3 Å². The zero-order valence-electron chi connectivity index (χ0n) is 14.6. The number of thiophene rings is 2. The average Bonchev–Trinajstić information content (AvgIpc) is 3.42. The van der Waals surface area contributed by atoms with Gasteiger partial charge in [-0.3, -0.25) is 0 Å². The molecule has 0 saturated heterocycles. The molecule has 2 bridgehead atoms. The van der Waals surface area contributed by atoms with Gasteiger partial charge in [0.25, 0.3) is 0 Å². The van der Waals surface area contributed by atoms with Gasteiger partial charge in [-0.2, -0.15) is 27.2 Å². The molecule has 134 valence electrons. The van der Waals surface area contributed by atoms with Gasteiger partial charge in [0.05, 0.1) is 5.92 Å². The lowest BCUT2D eigenvalue weighted by atomic mass is 9.54. The van der Waals surface area contributed by atoms with Crippen molar-refractivity contribution in [3.05, 3.63) is 110 Å². The normalized spacial score (nSPS) is 21.2. The summed E-state index contributed by atoms with van der Waals surface area (Å²) in [6.07, 6.45) is 3.40. The predicted molar refractivity (Wildman–Crippen MR) is 107 cm³/mol. The highest BCUT2D eigenvalue weighted by atomic mass is 35.5. The van der Waals surface area contributed by atoms with Crippen LogP contribution in [-0.2, 0) is 5.41 Å². The Labute approximate surface area is 173 Å². The number of halogens is 1. The topological polar surface area (TPSA) is 3.88 Å². The largest absolute Gasteiger partial charge is 1.00 e. The van der Waals surface area contributed by atoms with Crippen LogP contribution in [0, 0.1) is 0 Å². The molecular formula is C23H18ClNS2. The van der Waals surface area contributed by atoms with Gasteiger partial charge >= 0.3 is 0 Å². The van der Waals surface area contributed by atoms with Crippen molar-refractivity contribution in [2.75, 3.05) is 0 Å². The molecule has 27 heavy (non-hydrogen) atoms. The molecule has 3 aliphatic rings. The first-order chi connectivity index (χ1) is 12.9. The quantitative estimate of drug-likeness (QED) is 0.449. The van der Waals surface area contributed by atoms with Crippen LogP contribution in [0.2, 0.25) is 0 Å². The Balaban J connectivity index is 0.00000160. The Bertz CT molecular complexity index is 1000. The summed E-state index contributed by atoms with van der Waals surface area (Å²) < 4.78 is 2.52. The summed E-state index contributed by atoms with van der Waals surface area (Å²) in [6.45, 7) is 0. The molecule has 1 nitrogen and oxygen atoms in total. The van der Waals surface area contributed by atoms with Crippen molar-refractivity contribution in [2.45, 2.75) is 23.8 Å². The minimum Gasteiger partial charge on any atom is -1.00 e. The summed E-state index contributed by atoms with van der Waals surface area (Å²) in [5.41, 5.74) is 7.43. The number of nitrogens with zero attached hydrogens (tertiary/aromatic N) is 1. The van der Waals surface area contributed by atoms with E-state index >= 15 is 0 Å². The Morgan fingerprint density at radius 1 is 0.815 bits per heavy atom. The van der Waals surface area contributed by atoms with E-state index in [2.05, 4.69) is 86.9 Å². The zero-order chi connectivity index (χ0) is 17.1. The lowest BCUT2D eigenvalue weighted by Gasteiger charge is -2.49. The second kappa shape index (κ2) is 6.30. The Kier molecular flexibility index (Phi) is 4.01. The van der Waals surface area contributed by atoms with E-state index in [1.54, 1.807) is 0 Å². The van der Waals surface area contributed by atoms with Crippen LogP contribution < -0.4 is 17.0 Å². The Morgan fingerprint density at radius 2 is 1.48 bits per heavy atom. The molecule has 1 aromatic carbocycles. The number of hydrogen-bond acceptors (Lipinski definition) is 2. The third kappa shape index (κ3) is 2.19. The number of hydrogen-bond donors (Lipinski definition) is 0. The SMILES string of the molecule is [Cl-].c1ccc2c(c1)C1CC(c3ccsc3)(c3ccsc3)C2c2cccc[n+]21. The lowest BCUT2D eigenvalue weighted by Crippen LogP contribution is -3.00. The maximum Gasteiger partial charge on any atom is 0.190 e. The third-order valence-electron chi connectivity index (χ3n) is 6.30. The minimum atomic E-state index is 0. The molecule has 2 aliphatic heterocycles. The van der Waals surface area contributed by atoms with Gasteiger partial charge in [0, 0.05) is 29.5 Å². The summed E-state index contributed by atoms with van der Waals surface area (Å²) in [6, 6.07) is 20.9. The van der Waals surface area contributed by atoms with Crippen LogP contribution in [0.5, 0.6) is 0 Å². The van der Waals surface area contributed by atoms with Gasteiger partial charge in [-0.15, -0.1) is 0 Å². The fourth-order valence-corrected chi connectivity index (χ4v) is 6.78. The smallest absolute Gasteiger partial charge is 0.190 e. The Hall–Kier alpha value is -1.94. The van der Waals surface area contributed by atoms with Gasteiger partial charge < -0.3 is 12.4 Å². The molecule has 2 atom stereocenters. The van der Waals surface area contributed by atoms with Crippen LogP contribution in [0.25, 0.3) is 0 Å². The maximum absolute atomic E-state index is 2.52. The highest BCUT2D eigenvalue weighted by Gasteiger charge is 2.59. The molecule has 0 N–H and O–H groups in total. The lowest BCUT2D eigenvalue weighted by molar-refractivity contribution is -0.732. The van der Waals surface area contributed by atoms with E-state index in [9.17, 15) is 0 Å². The summed E-state index contributed by atoms with van der Waals surface area (Å²) in [5.74, 6) is 0.356. The number of benzene rings is 1. The van der Waals surface area contributed by atoms with Gasteiger partial charge in [0.1, 0.15) is 0 Å². The van der Waals surface area contributed by atoms with Crippen LogP contribution in [-0.4, -0.2) is 0 Å². The summed E-state index contributed by atoms with van der Waals surface area (Å²) in [7, 11) is 0. The van der Waals surface area contributed by atoms with Crippen molar-refractivity contribution >= 4 is 22.7 Å². The second-order valence-electron chi connectivity index (χ2n) is 7.31. The van der Waals surface area contributed by atoms with Crippen molar-refractivity contribution < 1.29 is 17.0 Å². The van der Waals surface area contributed by atoms with Crippen molar-refractivity contribution in [1.82, 2.24) is 0 Å². The molecule has 4 aromatic rings. The molecule has 1 aliphatic carbocycles. The van der Waals surface area contributed by atoms with Crippen LogP contribution in [0.4, 0.5) is 0 Å². The van der Waals surface area contributed by atoms with Crippen molar-refractivity contribution in [3.8, 4) is 0 Å². The highest BCUT2D eigenvalue weighted by Crippen LogP contribution is 2.59. The third-order valence-corrected chi connectivity index (χ3v) is 7.67. The van der Waals surface area contributed by atoms with E-state index in [-0.39, 0.29) is 17.8 Å². The molecule has 2 unspecified atom stereocenters. The summed E-state index contributed by atoms with van der Waals surface area (Å²) in [4.78, 5) is 0. The maximum atomic E-state index is 2.52. The second-order valence-corrected chi connectivity index (χ2v) is 8.87. The fraction of sp³-hybridized carbons (Fsp3) is 0.174. The van der Waals surface area contributed by atoms with Crippen LogP contribution in [0.15, 0.2) is 82.3 Å². The zero-order valence-corrected chi connectivity index (χ0v) is 17.0. The molecule has 0 saturated carbocycles. The number of aromatic nitrogens is 1. The van der Waals surface area contributed by atoms with Crippen LogP contribution in [0.3, 0.4) is 0 Å². The van der Waals surface area contributed by atoms with E-state index in [4.69, 9.17) is 0 Å². The monoisotopic (exact) mass is 407 g/mol. The summed E-state index contributed by atoms with van der Waals surface area (Å²) >= 11 is 3.63. The molecule has 5 heterocycles. The van der Waals surface area contributed by atoms with Gasteiger partial charge in [-0.05, 0) is 50.3 Å². The van der Waals surface area contributed by atoms with E-state index < -0.39 is 0 Å². The number of pyridine rings is 1. The number of fused-ring (bicyclic) bond motifs is 1. The fourth-order valence-electron chi connectivity index (χ4n) is 5.31. The van der Waals surface area contributed by atoms with Crippen molar-refractivity contribution in [1.29, 1.82) is 0 Å². The molecule has 0 radical (unpaired) electrons. The first-order valence-corrected chi connectivity index (χ1v) is 10.9. The van der Waals surface area contributed by atoms with Gasteiger partial charge in [0.2, 0.25) is 0 Å². The first kappa shape index (κ1) is 17.2. The molecule has 7 rings (SSSR count). The average molecular weight is 408 g/mol. The van der Waals surface area contributed by atoms with E-state index in [0.29, 0.717) is 12.0 Å². The number of rotatable bonds is 2. The Morgan fingerprint density at radius 3 is 2.15 bits per heavy atom. The van der Waals surface area contributed by atoms with Gasteiger partial charge in [0.15, 0.2) is 17.9 Å². The van der Waals surface area contributed by atoms with Crippen LogP contribution >= 0.6 is 22.7 Å². The minimum absolute atomic E-state index is 0. The van der Waals surface area contributed by atoms with E-state index in [0.717, 1.165) is 6.42 Å². The van der Waals surface area contributed by atoms with Crippen LogP contribution in [0.1, 0.15) is 46.3 Å². The molecule has 0 amide bonds. The molecule has 0 spiro atoms. The highest BCUT2D eigenvalue weighted by molar-refractivity contribution is 7.08. The summed E-state index contributed by atoms with van der Waals surface area (Å²) in [5, 5.41) is 9.20. The molecule has 3 aromatic heterocycles. The van der Waals surface area contributed by atoms with Crippen molar-refractivity contribution in [3.63, 3.8) is 0 Å². The predicted octanol–water partition coefficient (Wildman–Crippen LogP) is 2.53. The molecule has 4 heteroatoms. The van der Waals surface area contributed by atoms with Gasteiger partial charge in [-0.25, -0.2) is 0 Å².